The largest absolute Gasteiger partial charge is 0.478 e. The van der Waals surface area contributed by atoms with Crippen LogP contribution in [0, 0.1) is 11.3 Å². The summed E-state index contributed by atoms with van der Waals surface area (Å²) in [6.07, 6.45) is -6.88. The number of aromatic amines is 1. The maximum Gasteiger partial charge on any atom is 0.478 e. The van der Waals surface area contributed by atoms with Gasteiger partial charge in [-0.15, -0.1) is 0 Å². The van der Waals surface area contributed by atoms with Gasteiger partial charge in [0.05, 0.1) is 37.4 Å². The summed E-state index contributed by atoms with van der Waals surface area (Å²) >= 11 is 0. The van der Waals surface area contributed by atoms with Crippen LogP contribution in [0.3, 0.4) is 0 Å². The van der Waals surface area contributed by atoms with Crippen LogP contribution in [0.5, 0.6) is 0 Å². The number of anilines is 2. The second-order valence-corrected chi connectivity index (χ2v) is 16.9. The van der Waals surface area contributed by atoms with Gasteiger partial charge in [0.2, 0.25) is 12.7 Å². The van der Waals surface area contributed by atoms with Crippen LogP contribution in [0.15, 0.2) is 23.8 Å². The number of imidazole rings is 2. The zero-order valence-corrected chi connectivity index (χ0v) is 31.1. The molecule has 0 saturated carbocycles. The molecule has 7 rings (SSSR count). The number of fused-ring (bicyclic) bond motifs is 5. The second-order valence-electron chi connectivity index (χ2n) is 13.5. The number of nitrogens with zero attached hydrogens (tertiary/aromatic N) is 7. The molecule has 2 bridgehead atoms. The van der Waals surface area contributed by atoms with E-state index in [1.165, 1.54) is 21.8 Å². The topological polar surface area (TPSA) is 293 Å². The van der Waals surface area contributed by atoms with Gasteiger partial charge in [-0.3, -0.25) is 46.3 Å². The highest BCUT2D eigenvalue weighted by Crippen LogP contribution is 2.58. The Balaban J connectivity index is 1.26. The Hall–Kier alpha value is -3.96. The molecule has 4 aromatic heterocycles. The number of ether oxygens (including phenoxy) is 3. The molecule has 3 aliphatic heterocycles. The first kappa shape index (κ1) is 38.3. The minimum Gasteiger partial charge on any atom is -0.437 e. The van der Waals surface area contributed by atoms with Crippen molar-refractivity contribution in [3.05, 3.63) is 29.3 Å². The highest BCUT2D eigenvalue weighted by atomic mass is 31.2. The van der Waals surface area contributed by atoms with Crippen molar-refractivity contribution in [3.8, 4) is 0 Å². The quantitative estimate of drug-likeness (QED) is 0.143. The number of aromatic nitrogens is 8. The molecule has 294 valence electrons. The summed E-state index contributed by atoms with van der Waals surface area (Å²) in [4.78, 5) is 47.9. The molecule has 8 unspecified atom stereocenters. The number of nitrogen functional groups attached to an aromatic ring is 2. The van der Waals surface area contributed by atoms with E-state index in [9.17, 15) is 18.7 Å². The number of phosphoric acid groups is 2. The molecule has 26 heteroatoms. The first-order valence-corrected chi connectivity index (χ1v) is 19.3. The molecule has 0 aliphatic carbocycles. The molecule has 0 aromatic carbocycles. The van der Waals surface area contributed by atoms with Crippen LogP contribution in [0.4, 0.5) is 16.2 Å². The van der Waals surface area contributed by atoms with Gasteiger partial charge in [0.1, 0.15) is 30.2 Å². The lowest BCUT2D eigenvalue weighted by Gasteiger charge is -2.28. The molecule has 0 spiro atoms. The van der Waals surface area contributed by atoms with Crippen LogP contribution >= 0.6 is 15.6 Å². The molecule has 3 fully saturated rings. The molecular weight excluding hydrogens is 765 g/mol. The molecule has 0 radical (unpaired) electrons. The Morgan fingerprint density at radius 2 is 1.61 bits per heavy atom. The molecule has 10 atom stereocenters. The molecular formula is C28H37FN10O13P2. The number of H-pyrrole nitrogens is 1. The number of nitrogens with two attached hydrogens (primary N) is 2. The van der Waals surface area contributed by atoms with Gasteiger partial charge in [0.25, 0.3) is 5.56 Å². The maximum atomic E-state index is 16.5. The lowest BCUT2D eigenvalue weighted by molar-refractivity contribution is -0.161. The van der Waals surface area contributed by atoms with E-state index in [2.05, 4.69) is 29.9 Å². The molecule has 23 nitrogen and oxygen atoms in total. The normalized spacial score (nSPS) is 33.6. The summed E-state index contributed by atoms with van der Waals surface area (Å²) in [7, 11) is -8.46. The van der Waals surface area contributed by atoms with Crippen molar-refractivity contribution in [3.63, 3.8) is 0 Å². The third-order valence-electron chi connectivity index (χ3n) is 8.89. The number of hydrogen-bond donors (Lipinski definition) is 3. The SMILES string of the molecule is COP1(=O)OC[C@H]2O[C@@H](n3cnc4c(=O)[nH]c(N)nc43)C(OP(=O)(OCOC(=O)C(C)(C)C)OCC3OC(n4cnc5c(N)ncnc54)C(F)C3O1)C2C. The van der Waals surface area contributed by atoms with Gasteiger partial charge < -0.3 is 25.7 Å². The predicted octanol–water partition coefficient (Wildman–Crippen LogP) is 2.14. The third kappa shape index (κ3) is 7.14. The van der Waals surface area contributed by atoms with E-state index < -0.39 is 102 Å². The lowest BCUT2D eigenvalue weighted by atomic mass is 9.98. The fraction of sp³-hybridized carbons (Fsp3) is 0.607. The van der Waals surface area contributed by atoms with Gasteiger partial charge in [-0.05, 0) is 20.8 Å². The number of alkyl halides is 1. The summed E-state index contributed by atoms with van der Waals surface area (Å²) in [5.74, 6) is -1.69. The van der Waals surface area contributed by atoms with Crippen LogP contribution in [0.25, 0.3) is 22.3 Å². The van der Waals surface area contributed by atoms with E-state index in [4.69, 9.17) is 52.8 Å². The minimum absolute atomic E-state index is 0.0207. The van der Waals surface area contributed by atoms with E-state index in [-0.39, 0.29) is 34.1 Å². The van der Waals surface area contributed by atoms with Crippen molar-refractivity contribution >= 4 is 55.7 Å². The summed E-state index contributed by atoms with van der Waals surface area (Å²) in [6.45, 7) is 4.24. The van der Waals surface area contributed by atoms with Crippen LogP contribution in [-0.4, -0.2) is 103 Å². The molecule has 0 amide bonds. The van der Waals surface area contributed by atoms with Gasteiger partial charge in [0, 0.05) is 13.0 Å². The average molecular weight is 803 g/mol. The van der Waals surface area contributed by atoms with Crippen LogP contribution in [-0.2, 0) is 55.3 Å². The summed E-state index contributed by atoms with van der Waals surface area (Å²) in [5.41, 5.74) is 10.3. The number of halogens is 1. The monoisotopic (exact) mass is 802 g/mol. The van der Waals surface area contributed by atoms with E-state index in [1.54, 1.807) is 27.7 Å². The molecule has 3 aliphatic rings. The van der Waals surface area contributed by atoms with Crippen molar-refractivity contribution in [2.45, 2.75) is 70.7 Å². The van der Waals surface area contributed by atoms with Crippen LogP contribution in [0.2, 0.25) is 0 Å². The Kier molecular flexibility index (Phi) is 10.1. The van der Waals surface area contributed by atoms with Crippen molar-refractivity contribution < 1.29 is 59.7 Å². The average Bonchev–Trinajstić information content (AvgIpc) is 3.87. The Morgan fingerprint density at radius 1 is 0.963 bits per heavy atom. The van der Waals surface area contributed by atoms with Gasteiger partial charge in [-0.25, -0.2) is 38.0 Å². The van der Waals surface area contributed by atoms with Crippen molar-refractivity contribution in [1.82, 2.24) is 39.0 Å². The maximum absolute atomic E-state index is 16.5. The van der Waals surface area contributed by atoms with Crippen molar-refractivity contribution in [1.29, 1.82) is 0 Å². The summed E-state index contributed by atoms with van der Waals surface area (Å²) in [6, 6.07) is 0. The minimum atomic E-state index is -4.88. The fourth-order valence-electron chi connectivity index (χ4n) is 5.99. The Bertz CT molecular complexity index is 2210. The molecule has 54 heavy (non-hydrogen) atoms. The summed E-state index contributed by atoms with van der Waals surface area (Å²) in [5, 5.41) is 0. The number of hydrogen-bond acceptors (Lipinski definition) is 20. The fourth-order valence-corrected chi connectivity index (χ4v) is 8.42. The number of phosphoric ester groups is 2. The molecule has 4 aromatic rings. The van der Waals surface area contributed by atoms with Crippen molar-refractivity contribution in [2.24, 2.45) is 11.3 Å². The standard InChI is InChI=1S/C28H37FN10O13P2/c1-12-13-6-46-53(42,44-5)52-19-14(50-24(15(19)29)38-9-34-16-20(30)32-8-33-21(16)38)7-47-54(43,48-11-45-26(41)28(2,3)4)51-18(12)25(49-13)39-10-35-17-22(39)36-27(31)37-23(17)40/h8-10,12-15,18-19,24-25H,6-7,11H2,1-5H3,(H2,30,32,33)(H3,31,36,37,40)/t12?,13-,14?,15?,18?,19?,24?,25-,53?,54?/m1/s1. The summed E-state index contributed by atoms with van der Waals surface area (Å²) < 4.78 is 98.9. The molecule has 5 N–H and O–H groups in total. The number of nitrogens with one attached hydrogen (secondary N) is 1. The highest BCUT2D eigenvalue weighted by molar-refractivity contribution is 7.48. The number of carbonyl (C=O) groups is 1. The molecule has 3 saturated heterocycles. The number of esters is 1. The van der Waals surface area contributed by atoms with Gasteiger partial charge >= 0.3 is 21.6 Å². The zero-order valence-electron chi connectivity index (χ0n) is 29.3. The zero-order chi connectivity index (χ0) is 38.7. The molecule has 7 heterocycles. The Morgan fingerprint density at radius 3 is 2.33 bits per heavy atom. The smallest absolute Gasteiger partial charge is 0.437 e. The van der Waals surface area contributed by atoms with E-state index in [1.807, 2.05) is 0 Å². The third-order valence-corrected chi connectivity index (χ3v) is 11.7. The van der Waals surface area contributed by atoms with Crippen LogP contribution in [0.1, 0.15) is 40.2 Å². The second kappa shape index (κ2) is 14.3. The highest BCUT2D eigenvalue weighted by Gasteiger charge is 2.55. The lowest BCUT2D eigenvalue weighted by Crippen LogP contribution is -2.34. The Labute approximate surface area is 304 Å². The van der Waals surface area contributed by atoms with Gasteiger partial charge in [-0.1, -0.05) is 6.92 Å². The van der Waals surface area contributed by atoms with Crippen LogP contribution < -0.4 is 17.0 Å². The van der Waals surface area contributed by atoms with Crippen molar-refractivity contribution in [2.75, 3.05) is 38.6 Å². The number of rotatable bonds is 6. The van der Waals surface area contributed by atoms with E-state index in [0.29, 0.717) is 0 Å². The first-order valence-electron chi connectivity index (χ1n) is 16.3. The predicted molar refractivity (Wildman–Crippen MR) is 180 cm³/mol. The van der Waals surface area contributed by atoms with Gasteiger partial charge in [-0.2, -0.15) is 4.98 Å². The number of carbonyl (C=O) groups excluding carboxylic acids is 1. The van der Waals surface area contributed by atoms with Gasteiger partial charge in [0.15, 0.2) is 41.3 Å². The van der Waals surface area contributed by atoms with E-state index in [0.717, 1.165) is 13.4 Å². The van der Waals surface area contributed by atoms with E-state index >= 15 is 4.39 Å². The first-order chi connectivity index (χ1) is 25.5.